The number of nitrogens with zero attached hydrogens (tertiary/aromatic N) is 1. The molecule has 0 aliphatic heterocycles. The lowest BCUT2D eigenvalue weighted by molar-refractivity contribution is 0.548. The van der Waals surface area contributed by atoms with Gasteiger partial charge in [-0.1, -0.05) is 38.0 Å². The Morgan fingerprint density at radius 1 is 1.12 bits per heavy atom. The predicted molar refractivity (Wildman–Crippen MR) is 65.7 cm³/mol. The molecule has 0 amide bonds. The lowest BCUT2D eigenvalue weighted by Gasteiger charge is -2.02. The summed E-state index contributed by atoms with van der Waals surface area (Å²) in [6.07, 6.45) is 0. The summed E-state index contributed by atoms with van der Waals surface area (Å²) in [4.78, 5) is 3.77. The van der Waals surface area contributed by atoms with Crippen LogP contribution in [0.3, 0.4) is 0 Å². The lowest BCUT2D eigenvalue weighted by atomic mass is 10.1. The molecule has 0 fully saturated rings. The Balaban J connectivity index is 2.54. The highest BCUT2D eigenvalue weighted by Crippen LogP contribution is 2.22. The Bertz CT molecular complexity index is 658. The molecule has 17 heavy (non-hydrogen) atoms. The van der Waals surface area contributed by atoms with Crippen molar-refractivity contribution < 1.29 is 12.3 Å². The molecule has 0 aliphatic carbocycles. The third-order valence-electron chi connectivity index (χ3n) is 2.09. The average Bonchev–Trinajstić information content (AvgIpc) is 2.28. The van der Waals surface area contributed by atoms with Gasteiger partial charge in [0.1, 0.15) is 0 Å². The zero-order chi connectivity index (χ0) is 12.5. The Hall–Kier alpha value is -1.27. The fourth-order valence-corrected chi connectivity index (χ4v) is 2.21. The maximum Gasteiger partial charge on any atom is 0.349 e. The zero-order valence-corrected chi connectivity index (χ0v) is 10.9. The van der Waals surface area contributed by atoms with E-state index in [1.54, 1.807) is 24.3 Å². The van der Waals surface area contributed by atoms with Gasteiger partial charge in [-0.2, -0.15) is 8.42 Å². The molecule has 0 spiro atoms. The van der Waals surface area contributed by atoms with Crippen molar-refractivity contribution in [3.63, 3.8) is 0 Å². The van der Waals surface area contributed by atoms with Crippen molar-refractivity contribution >= 4 is 26.2 Å². The topological polar surface area (TPSA) is 47.0 Å². The number of benzene rings is 1. The van der Waals surface area contributed by atoms with Crippen LogP contribution in [0.25, 0.3) is 11.3 Å². The van der Waals surface area contributed by atoms with E-state index in [2.05, 4.69) is 20.9 Å². The molecule has 1 aromatic carbocycles. The highest BCUT2D eigenvalue weighted by molar-refractivity contribution is 9.10. The first kappa shape index (κ1) is 12.2. The van der Waals surface area contributed by atoms with Crippen LogP contribution in [0.4, 0.5) is 3.89 Å². The minimum atomic E-state index is -4.77. The van der Waals surface area contributed by atoms with Gasteiger partial charge in [-0.05, 0) is 24.3 Å². The molecule has 88 valence electrons. The van der Waals surface area contributed by atoms with Crippen LogP contribution >= 0.6 is 15.9 Å². The highest BCUT2D eigenvalue weighted by Gasteiger charge is 2.14. The minimum absolute atomic E-state index is 0.407. The Morgan fingerprint density at radius 2 is 1.82 bits per heavy atom. The van der Waals surface area contributed by atoms with E-state index < -0.39 is 15.2 Å². The smallest absolute Gasteiger partial charge is 0.234 e. The maximum absolute atomic E-state index is 12.8. The molecule has 0 aliphatic rings. The summed E-state index contributed by atoms with van der Waals surface area (Å²) in [6.45, 7) is 0. The second kappa shape index (κ2) is 4.54. The summed E-state index contributed by atoms with van der Waals surface area (Å²) in [7, 11) is -4.77. The van der Waals surface area contributed by atoms with Crippen LogP contribution in [-0.2, 0) is 10.2 Å². The number of aromatic nitrogens is 1. The van der Waals surface area contributed by atoms with E-state index in [0.29, 0.717) is 11.3 Å². The Morgan fingerprint density at radius 3 is 2.47 bits per heavy atom. The SMILES string of the molecule is O=S(=O)(F)c1cccc(-c2cccc(Br)c2)n1. The molecule has 2 aromatic rings. The summed E-state index contributed by atoms with van der Waals surface area (Å²) in [6, 6.07) is 11.4. The largest absolute Gasteiger partial charge is 0.349 e. The van der Waals surface area contributed by atoms with Gasteiger partial charge in [-0.15, -0.1) is 0 Å². The van der Waals surface area contributed by atoms with Gasteiger partial charge in [0.15, 0.2) is 5.03 Å². The molecule has 0 N–H and O–H groups in total. The molecular weight excluding hydrogens is 309 g/mol. The van der Waals surface area contributed by atoms with Gasteiger partial charge in [-0.3, -0.25) is 0 Å². The van der Waals surface area contributed by atoms with Crippen molar-refractivity contribution in [2.45, 2.75) is 5.03 Å². The van der Waals surface area contributed by atoms with Crippen LogP contribution in [-0.4, -0.2) is 13.4 Å². The number of rotatable bonds is 2. The lowest BCUT2D eigenvalue weighted by Crippen LogP contribution is -1.97. The fourth-order valence-electron chi connectivity index (χ4n) is 1.36. The molecule has 0 atom stereocenters. The van der Waals surface area contributed by atoms with E-state index in [1.165, 1.54) is 6.07 Å². The van der Waals surface area contributed by atoms with Gasteiger partial charge in [-0.25, -0.2) is 4.98 Å². The second-order valence-electron chi connectivity index (χ2n) is 3.31. The monoisotopic (exact) mass is 315 g/mol. The third-order valence-corrected chi connectivity index (χ3v) is 3.31. The molecule has 6 heteroatoms. The Kier molecular flexibility index (Phi) is 3.26. The Labute approximate surface area is 107 Å². The summed E-state index contributed by atoms with van der Waals surface area (Å²) < 4.78 is 35.1. The fraction of sp³-hybridized carbons (Fsp3) is 0. The van der Waals surface area contributed by atoms with E-state index in [-0.39, 0.29) is 0 Å². The minimum Gasteiger partial charge on any atom is -0.234 e. The van der Waals surface area contributed by atoms with Crippen molar-refractivity contribution in [3.05, 3.63) is 46.9 Å². The van der Waals surface area contributed by atoms with Crippen molar-refractivity contribution in [1.29, 1.82) is 0 Å². The van der Waals surface area contributed by atoms with Gasteiger partial charge in [0.05, 0.1) is 5.69 Å². The molecule has 2 rings (SSSR count). The quantitative estimate of drug-likeness (QED) is 0.800. The van der Waals surface area contributed by atoms with E-state index in [1.807, 2.05) is 6.07 Å². The molecule has 1 heterocycles. The van der Waals surface area contributed by atoms with Crippen molar-refractivity contribution in [3.8, 4) is 11.3 Å². The van der Waals surface area contributed by atoms with Crippen molar-refractivity contribution in [2.24, 2.45) is 0 Å². The van der Waals surface area contributed by atoms with Crippen LogP contribution in [0.5, 0.6) is 0 Å². The molecule has 1 aromatic heterocycles. The van der Waals surface area contributed by atoms with E-state index >= 15 is 0 Å². The van der Waals surface area contributed by atoms with Crippen LogP contribution in [0.15, 0.2) is 52.0 Å². The first-order valence-electron chi connectivity index (χ1n) is 4.64. The standard InChI is InChI=1S/C11H7BrFNO2S/c12-9-4-1-3-8(7-9)10-5-2-6-11(14-10)17(13,15)16/h1-7H. The van der Waals surface area contributed by atoms with Crippen molar-refractivity contribution in [1.82, 2.24) is 4.98 Å². The number of pyridine rings is 1. The van der Waals surface area contributed by atoms with Crippen molar-refractivity contribution in [2.75, 3.05) is 0 Å². The first-order valence-corrected chi connectivity index (χ1v) is 6.82. The number of hydrogen-bond donors (Lipinski definition) is 0. The summed E-state index contributed by atoms with van der Waals surface area (Å²) in [5, 5.41) is -0.574. The maximum atomic E-state index is 12.8. The van der Waals surface area contributed by atoms with Gasteiger partial charge in [0.2, 0.25) is 0 Å². The summed E-state index contributed by atoms with van der Waals surface area (Å²) >= 11 is 3.30. The molecule has 3 nitrogen and oxygen atoms in total. The molecule has 0 unspecified atom stereocenters. The van der Waals surface area contributed by atoms with E-state index in [9.17, 15) is 12.3 Å². The van der Waals surface area contributed by atoms with Crippen LogP contribution in [0.2, 0.25) is 0 Å². The van der Waals surface area contributed by atoms with Gasteiger partial charge < -0.3 is 0 Å². The van der Waals surface area contributed by atoms with Crippen LogP contribution in [0.1, 0.15) is 0 Å². The van der Waals surface area contributed by atoms with E-state index in [0.717, 1.165) is 10.5 Å². The normalized spacial score (nSPS) is 11.4. The van der Waals surface area contributed by atoms with Gasteiger partial charge in [0.25, 0.3) is 0 Å². The van der Waals surface area contributed by atoms with Crippen LogP contribution in [0, 0.1) is 0 Å². The van der Waals surface area contributed by atoms with Gasteiger partial charge >= 0.3 is 10.2 Å². The number of hydrogen-bond acceptors (Lipinski definition) is 3. The summed E-state index contributed by atoms with van der Waals surface area (Å²) in [5.74, 6) is 0. The van der Waals surface area contributed by atoms with Crippen LogP contribution < -0.4 is 0 Å². The van der Waals surface area contributed by atoms with Gasteiger partial charge in [0, 0.05) is 10.0 Å². The molecular formula is C11H7BrFNO2S. The molecule has 0 bridgehead atoms. The molecule has 0 saturated heterocycles. The highest BCUT2D eigenvalue weighted by atomic mass is 79.9. The van der Waals surface area contributed by atoms with E-state index in [4.69, 9.17) is 0 Å². The molecule has 0 radical (unpaired) electrons. The third kappa shape index (κ3) is 2.89. The average molecular weight is 316 g/mol. The second-order valence-corrected chi connectivity index (χ2v) is 5.52. The predicted octanol–water partition coefficient (Wildman–Crippen LogP) is 3.17. The summed E-state index contributed by atoms with van der Waals surface area (Å²) in [5.41, 5.74) is 1.12. The number of halogens is 2. The molecule has 0 saturated carbocycles. The first-order chi connectivity index (χ1) is 7.97. The zero-order valence-electron chi connectivity index (χ0n) is 8.47.